The molecular formula is C20H22ClN3O3. The molecule has 1 aromatic heterocycles. The SMILES string of the molecule is O=C(COc1cccc(Cl)c1)N1CCC(n2nc(C3CC3)ccc2=O)CC1. The first-order valence-electron chi connectivity index (χ1n) is 9.36. The summed E-state index contributed by atoms with van der Waals surface area (Å²) in [7, 11) is 0. The third-order valence-corrected chi connectivity index (χ3v) is 5.40. The molecule has 1 aliphatic carbocycles. The minimum absolute atomic E-state index is 0.0135. The molecule has 7 heteroatoms. The van der Waals surface area contributed by atoms with Gasteiger partial charge in [-0.1, -0.05) is 17.7 Å². The molecular weight excluding hydrogens is 366 g/mol. The number of carbonyl (C=O) groups excluding carboxylic acids is 1. The van der Waals surface area contributed by atoms with Crippen molar-refractivity contribution in [1.82, 2.24) is 14.7 Å². The van der Waals surface area contributed by atoms with Crippen molar-refractivity contribution in [3.05, 3.63) is 57.5 Å². The maximum atomic E-state index is 12.4. The van der Waals surface area contributed by atoms with Crippen LogP contribution in [0.2, 0.25) is 5.02 Å². The van der Waals surface area contributed by atoms with Crippen molar-refractivity contribution in [2.75, 3.05) is 19.7 Å². The first kappa shape index (κ1) is 18.0. The van der Waals surface area contributed by atoms with E-state index in [2.05, 4.69) is 5.10 Å². The summed E-state index contributed by atoms with van der Waals surface area (Å²) in [6.45, 7) is 1.19. The van der Waals surface area contributed by atoms with Gasteiger partial charge in [-0.3, -0.25) is 9.59 Å². The van der Waals surface area contributed by atoms with E-state index in [0.29, 0.717) is 29.8 Å². The lowest BCUT2D eigenvalue weighted by Gasteiger charge is -2.32. The first-order chi connectivity index (χ1) is 13.1. The number of hydrogen-bond acceptors (Lipinski definition) is 4. The Morgan fingerprint density at radius 2 is 1.93 bits per heavy atom. The van der Waals surface area contributed by atoms with Crippen LogP contribution < -0.4 is 10.3 Å². The molecule has 2 heterocycles. The van der Waals surface area contributed by atoms with E-state index in [0.717, 1.165) is 31.4 Å². The highest BCUT2D eigenvalue weighted by Gasteiger charge is 2.28. The van der Waals surface area contributed by atoms with E-state index < -0.39 is 0 Å². The van der Waals surface area contributed by atoms with E-state index in [1.54, 1.807) is 39.9 Å². The molecule has 4 rings (SSSR count). The highest BCUT2D eigenvalue weighted by Crippen LogP contribution is 2.38. The summed E-state index contributed by atoms with van der Waals surface area (Å²) < 4.78 is 7.16. The van der Waals surface area contributed by atoms with Gasteiger partial charge in [0.25, 0.3) is 11.5 Å². The molecule has 142 valence electrons. The fourth-order valence-corrected chi connectivity index (χ4v) is 3.63. The number of halogens is 1. The molecule has 2 aliphatic rings. The number of carbonyl (C=O) groups is 1. The third-order valence-electron chi connectivity index (χ3n) is 5.16. The Balaban J connectivity index is 1.33. The van der Waals surface area contributed by atoms with Crippen molar-refractivity contribution in [3.8, 4) is 5.75 Å². The molecule has 6 nitrogen and oxygen atoms in total. The van der Waals surface area contributed by atoms with Crippen molar-refractivity contribution in [1.29, 1.82) is 0 Å². The van der Waals surface area contributed by atoms with Crippen LogP contribution in [0.15, 0.2) is 41.2 Å². The summed E-state index contributed by atoms with van der Waals surface area (Å²) in [4.78, 5) is 26.4. The highest BCUT2D eigenvalue weighted by molar-refractivity contribution is 6.30. The predicted octanol–water partition coefficient (Wildman–Crippen LogP) is 3.02. The highest BCUT2D eigenvalue weighted by atomic mass is 35.5. The fourth-order valence-electron chi connectivity index (χ4n) is 3.45. The van der Waals surface area contributed by atoms with Gasteiger partial charge in [-0.2, -0.15) is 5.10 Å². The standard InChI is InChI=1S/C20H22ClN3O3/c21-15-2-1-3-17(12-15)27-13-20(26)23-10-8-16(9-11-23)24-19(25)7-6-18(22-24)14-4-5-14/h1-3,6-7,12,14,16H,4-5,8-11,13H2. The zero-order chi connectivity index (χ0) is 18.8. The van der Waals surface area contributed by atoms with E-state index in [1.165, 1.54) is 0 Å². The Morgan fingerprint density at radius 1 is 1.15 bits per heavy atom. The molecule has 0 unspecified atom stereocenters. The van der Waals surface area contributed by atoms with Crippen LogP contribution in [-0.2, 0) is 4.79 Å². The quantitative estimate of drug-likeness (QED) is 0.791. The molecule has 1 amide bonds. The minimum atomic E-state index is -0.0616. The average molecular weight is 388 g/mol. The number of ether oxygens (including phenoxy) is 1. The fraction of sp³-hybridized carbons (Fsp3) is 0.450. The lowest BCUT2D eigenvalue weighted by Crippen LogP contribution is -2.43. The van der Waals surface area contributed by atoms with Crippen LogP contribution in [0.25, 0.3) is 0 Å². The second-order valence-corrected chi connectivity index (χ2v) is 7.61. The zero-order valence-corrected chi connectivity index (χ0v) is 15.8. The van der Waals surface area contributed by atoms with E-state index in [4.69, 9.17) is 16.3 Å². The molecule has 0 spiro atoms. The van der Waals surface area contributed by atoms with Crippen LogP contribution in [-0.4, -0.2) is 40.3 Å². The summed E-state index contributed by atoms with van der Waals surface area (Å²) in [6, 6.07) is 10.5. The number of nitrogens with zero attached hydrogens (tertiary/aromatic N) is 3. The molecule has 1 saturated carbocycles. The predicted molar refractivity (Wildman–Crippen MR) is 102 cm³/mol. The van der Waals surface area contributed by atoms with Gasteiger partial charge < -0.3 is 9.64 Å². The normalized spacial score (nSPS) is 17.7. The number of rotatable bonds is 5. The summed E-state index contributed by atoms with van der Waals surface area (Å²) >= 11 is 5.92. The van der Waals surface area contributed by atoms with Gasteiger partial charge in [0.2, 0.25) is 0 Å². The lowest BCUT2D eigenvalue weighted by atomic mass is 10.1. The van der Waals surface area contributed by atoms with Gasteiger partial charge >= 0.3 is 0 Å². The minimum Gasteiger partial charge on any atom is -0.484 e. The second-order valence-electron chi connectivity index (χ2n) is 7.17. The Labute approximate surface area is 162 Å². The first-order valence-corrected chi connectivity index (χ1v) is 9.74. The Morgan fingerprint density at radius 3 is 2.63 bits per heavy atom. The van der Waals surface area contributed by atoms with Crippen LogP contribution in [0, 0.1) is 0 Å². The monoisotopic (exact) mass is 387 g/mol. The van der Waals surface area contributed by atoms with Crippen LogP contribution in [0.4, 0.5) is 0 Å². The lowest BCUT2D eigenvalue weighted by molar-refractivity contribution is -0.134. The molecule has 0 bridgehead atoms. The number of likely N-dealkylation sites (tertiary alicyclic amines) is 1. The van der Waals surface area contributed by atoms with Gasteiger partial charge in [0.05, 0.1) is 11.7 Å². The summed E-state index contributed by atoms with van der Waals surface area (Å²) in [6.07, 6.45) is 3.77. The van der Waals surface area contributed by atoms with Crippen LogP contribution in [0.5, 0.6) is 5.75 Å². The smallest absolute Gasteiger partial charge is 0.267 e. The van der Waals surface area contributed by atoms with Crippen molar-refractivity contribution >= 4 is 17.5 Å². The van der Waals surface area contributed by atoms with Gasteiger partial charge in [0.1, 0.15) is 5.75 Å². The molecule has 1 aromatic carbocycles. The van der Waals surface area contributed by atoms with E-state index >= 15 is 0 Å². The molecule has 2 aromatic rings. The molecule has 0 radical (unpaired) electrons. The average Bonchev–Trinajstić information content (AvgIpc) is 3.52. The topological polar surface area (TPSA) is 64.4 Å². The van der Waals surface area contributed by atoms with Crippen molar-refractivity contribution < 1.29 is 9.53 Å². The number of piperidine rings is 1. The maximum absolute atomic E-state index is 12.4. The Kier molecular flexibility index (Phi) is 5.16. The van der Waals surface area contributed by atoms with Crippen LogP contribution >= 0.6 is 11.6 Å². The van der Waals surface area contributed by atoms with Crippen LogP contribution in [0.1, 0.15) is 43.3 Å². The van der Waals surface area contributed by atoms with Gasteiger partial charge in [-0.25, -0.2) is 4.68 Å². The van der Waals surface area contributed by atoms with E-state index in [9.17, 15) is 9.59 Å². The van der Waals surface area contributed by atoms with Crippen molar-refractivity contribution in [2.24, 2.45) is 0 Å². The third kappa shape index (κ3) is 4.33. The van der Waals surface area contributed by atoms with Gasteiger partial charge in [0.15, 0.2) is 6.61 Å². The van der Waals surface area contributed by atoms with Crippen molar-refractivity contribution in [3.63, 3.8) is 0 Å². The van der Waals surface area contributed by atoms with Crippen LogP contribution in [0.3, 0.4) is 0 Å². The summed E-state index contributed by atoms with van der Waals surface area (Å²) in [5, 5.41) is 5.15. The maximum Gasteiger partial charge on any atom is 0.267 e. The second kappa shape index (κ2) is 7.72. The molecule has 2 fully saturated rings. The van der Waals surface area contributed by atoms with E-state index in [-0.39, 0.29) is 24.1 Å². The molecule has 27 heavy (non-hydrogen) atoms. The van der Waals surface area contributed by atoms with E-state index in [1.807, 2.05) is 6.07 Å². The number of benzene rings is 1. The Hall–Kier alpha value is -2.34. The molecule has 1 aliphatic heterocycles. The molecule has 1 saturated heterocycles. The summed E-state index contributed by atoms with van der Waals surface area (Å²) in [5.41, 5.74) is 0.955. The number of hydrogen-bond donors (Lipinski definition) is 0. The number of aromatic nitrogens is 2. The van der Waals surface area contributed by atoms with Gasteiger partial charge in [-0.05, 0) is 49.9 Å². The Bertz CT molecular complexity index is 886. The zero-order valence-electron chi connectivity index (χ0n) is 15.0. The van der Waals surface area contributed by atoms with Gasteiger partial charge in [-0.15, -0.1) is 0 Å². The molecule has 0 N–H and O–H groups in total. The summed E-state index contributed by atoms with van der Waals surface area (Å²) in [5.74, 6) is 1.04. The van der Waals surface area contributed by atoms with Gasteiger partial charge in [0, 0.05) is 30.1 Å². The largest absolute Gasteiger partial charge is 0.484 e. The van der Waals surface area contributed by atoms with Crippen molar-refractivity contribution in [2.45, 2.75) is 37.6 Å². The number of amides is 1. The molecule has 0 atom stereocenters.